The van der Waals surface area contributed by atoms with Gasteiger partial charge in [0.25, 0.3) is 0 Å². The molecule has 2 rings (SSSR count). The van der Waals surface area contributed by atoms with Gasteiger partial charge in [0, 0.05) is 6.61 Å². The first kappa shape index (κ1) is 11.3. The van der Waals surface area contributed by atoms with Crippen molar-refractivity contribution in [1.82, 2.24) is 9.97 Å². The Hall–Kier alpha value is -1.20. The molecule has 5 heteroatoms. The largest absolute Gasteiger partial charge is 0.383 e. The summed E-state index contributed by atoms with van der Waals surface area (Å²) in [5, 5.41) is 2.90. The lowest BCUT2D eigenvalue weighted by Crippen LogP contribution is -2.09. The maximum atomic E-state index is 5.89. The third kappa shape index (κ3) is 2.01. The highest BCUT2D eigenvalue weighted by Crippen LogP contribution is 2.26. The van der Waals surface area contributed by atoms with E-state index in [9.17, 15) is 0 Å². The second-order valence-corrected chi connectivity index (χ2v) is 4.35. The van der Waals surface area contributed by atoms with Crippen molar-refractivity contribution in [2.45, 2.75) is 26.4 Å². The number of anilines is 1. The number of rotatable bonds is 4. The van der Waals surface area contributed by atoms with Gasteiger partial charge in [-0.15, -0.1) is 11.3 Å². The fourth-order valence-corrected chi connectivity index (χ4v) is 2.39. The number of hydrogen-bond acceptors (Lipinski definition) is 5. The molecule has 0 radical (unpaired) electrons. The van der Waals surface area contributed by atoms with Gasteiger partial charge in [0.1, 0.15) is 16.8 Å². The Balaban J connectivity index is 2.43. The van der Waals surface area contributed by atoms with E-state index in [4.69, 9.17) is 10.5 Å². The summed E-state index contributed by atoms with van der Waals surface area (Å²) in [5.74, 6) is 1.23. The molecule has 1 atom stereocenters. The molecule has 0 amide bonds. The second-order valence-electron chi connectivity index (χ2n) is 3.46. The lowest BCUT2D eigenvalue weighted by atomic mass is 10.2. The van der Waals surface area contributed by atoms with Crippen LogP contribution < -0.4 is 5.73 Å². The lowest BCUT2D eigenvalue weighted by molar-refractivity contribution is 0.0539. The molecule has 16 heavy (non-hydrogen) atoms. The van der Waals surface area contributed by atoms with Crippen molar-refractivity contribution in [3.8, 4) is 0 Å². The minimum Gasteiger partial charge on any atom is -0.383 e. The van der Waals surface area contributed by atoms with E-state index in [1.807, 2.05) is 18.4 Å². The van der Waals surface area contributed by atoms with Gasteiger partial charge in [0.05, 0.1) is 5.39 Å². The average molecular weight is 237 g/mol. The molecule has 0 saturated carbocycles. The molecule has 2 heterocycles. The van der Waals surface area contributed by atoms with Crippen LogP contribution in [0.5, 0.6) is 0 Å². The quantitative estimate of drug-likeness (QED) is 0.888. The van der Waals surface area contributed by atoms with Gasteiger partial charge >= 0.3 is 0 Å². The molecule has 2 N–H and O–H groups in total. The molecule has 0 fully saturated rings. The van der Waals surface area contributed by atoms with Gasteiger partial charge in [0.2, 0.25) is 0 Å². The summed E-state index contributed by atoms with van der Waals surface area (Å²) in [4.78, 5) is 9.73. The van der Waals surface area contributed by atoms with Crippen LogP contribution in [0.15, 0.2) is 11.4 Å². The van der Waals surface area contributed by atoms with E-state index in [1.165, 1.54) is 0 Å². The highest BCUT2D eigenvalue weighted by atomic mass is 32.1. The van der Waals surface area contributed by atoms with Crippen molar-refractivity contribution >= 4 is 27.4 Å². The number of fused-ring (bicyclic) bond motifs is 1. The molecule has 4 nitrogen and oxygen atoms in total. The zero-order chi connectivity index (χ0) is 11.5. The summed E-state index contributed by atoms with van der Waals surface area (Å²) in [6.45, 7) is 4.68. The minimum atomic E-state index is -0.0567. The number of ether oxygens (including phenoxy) is 1. The van der Waals surface area contributed by atoms with Crippen molar-refractivity contribution < 1.29 is 4.74 Å². The van der Waals surface area contributed by atoms with Crippen molar-refractivity contribution in [2.24, 2.45) is 0 Å². The average Bonchev–Trinajstić information content (AvgIpc) is 2.74. The number of nitrogens with two attached hydrogens (primary N) is 1. The Morgan fingerprint density at radius 3 is 2.94 bits per heavy atom. The molecule has 0 saturated heterocycles. The van der Waals surface area contributed by atoms with Gasteiger partial charge in [-0.25, -0.2) is 9.97 Å². The molecule has 0 aliphatic rings. The molecule has 0 aliphatic heterocycles. The first-order valence-corrected chi connectivity index (χ1v) is 6.26. The van der Waals surface area contributed by atoms with Gasteiger partial charge < -0.3 is 10.5 Å². The Kier molecular flexibility index (Phi) is 3.36. The second kappa shape index (κ2) is 4.76. The Bertz CT molecular complexity index is 483. The monoisotopic (exact) mass is 237 g/mol. The zero-order valence-corrected chi connectivity index (χ0v) is 10.3. The van der Waals surface area contributed by atoms with Gasteiger partial charge in [-0.05, 0) is 24.8 Å². The summed E-state index contributed by atoms with van der Waals surface area (Å²) in [5.41, 5.74) is 5.89. The first-order valence-electron chi connectivity index (χ1n) is 5.38. The van der Waals surface area contributed by atoms with E-state index in [0.717, 1.165) is 16.6 Å². The standard InChI is InChI=1S/C11H15N3OS/c1-3-8(15-4-2)10-13-9(12)7-5-6-16-11(7)14-10/h5-6,8H,3-4H2,1-2H3,(H2,12,13,14). The summed E-state index contributed by atoms with van der Waals surface area (Å²) in [7, 11) is 0. The number of aromatic nitrogens is 2. The lowest BCUT2D eigenvalue weighted by Gasteiger charge is -2.13. The normalized spacial score (nSPS) is 13.1. The predicted octanol–water partition coefficient (Wildman–Crippen LogP) is 2.76. The van der Waals surface area contributed by atoms with E-state index in [2.05, 4.69) is 16.9 Å². The van der Waals surface area contributed by atoms with Gasteiger partial charge in [-0.3, -0.25) is 0 Å². The number of thiophene rings is 1. The number of nitrogen functional groups attached to an aromatic ring is 1. The van der Waals surface area contributed by atoms with Crippen LogP contribution in [0.25, 0.3) is 10.2 Å². The Labute approximate surface area is 98.5 Å². The fourth-order valence-electron chi connectivity index (χ4n) is 1.62. The summed E-state index contributed by atoms with van der Waals surface area (Å²) in [6, 6.07) is 1.95. The summed E-state index contributed by atoms with van der Waals surface area (Å²) < 4.78 is 5.58. The predicted molar refractivity (Wildman–Crippen MR) is 66.5 cm³/mol. The summed E-state index contributed by atoms with van der Waals surface area (Å²) in [6.07, 6.45) is 0.795. The molecule has 0 aliphatic carbocycles. The van der Waals surface area contributed by atoms with E-state index < -0.39 is 0 Å². The molecule has 0 bridgehead atoms. The Morgan fingerprint density at radius 1 is 1.44 bits per heavy atom. The smallest absolute Gasteiger partial charge is 0.161 e. The maximum Gasteiger partial charge on any atom is 0.161 e. The third-order valence-electron chi connectivity index (χ3n) is 2.40. The molecule has 86 valence electrons. The van der Waals surface area contributed by atoms with Crippen LogP contribution in [0.3, 0.4) is 0 Å². The number of nitrogens with zero attached hydrogens (tertiary/aromatic N) is 2. The number of hydrogen-bond donors (Lipinski definition) is 1. The van der Waals surface area contributed by atoms with Crippen molar-refractivity contribution in [2.75, 3.05) is 12.3 Å². The van der Waals surface area contributed by atoms with Gasteiger partial charge in [-0.1, -0.05) is 6.92 Å². The molecule has 0 aromatic carbocycles. The van der Waals surface area contributed by atoms with E-state index >= 15 is 0 Å². The SMILES string of the molecule is CCOC(CC)c1nc(N)c2ccsc2n1. The zero-order valence-electron chi connectivity index (χ0n) is 9.43. The van der Waals surface area contributed by atoms with Crippen LogP contribution in [0.1, 0.15) is 32.2 Å². The van der Waals surface area contributed by atoms with Crippen LogP contribution in [-0.4, -0.2) is 16.6 Å². The van der Waals surface area contributed by atoms with Crippen LogP contribution >= 0.6 is 11.3 Å². The molecule has 2 aromatic heterocycles. The van der Waals surface area contributed by atoms with Crippen molar-refractivity contribution in [1.29, 1.82) is 0 Å². The highest BCUT2D eigenvalue weighted by molar-refractivity contribution is 7.16. The summed E-state index contributed by atoms with van der Waals surface area (Å²) >= 11 is 1.57. The van der Waals surface area contributed by atoms with Crippen molar-refractivity contribution in [3.63, 3.8) is 0 Å². The molecule has 0 spiro atoms. The van der Waals surface area contributed by atoms with Gasteiger partial charge in [-0.2, -0.15) is 0 Å². The van der Waals surface area contributed by atoms with E-state index in [-0.39, 0.29) is 6.10 Å². The van der Waals surface area contributed by atoms with Crippen LogP contribution in [0.2, 0.25) is 0 Å². The van der Waals surface area contributed by atoms with Crippen LogP contribution in [0, 0.1) is 0 Å². The molecule has 1 unspecified atom stereocenters. The third-order valence-corrected chi connectivity index (χ3v) is 3.21. The molecular formula is C11H15N3OS. The topological polar surface area (TPSA) is 61.0 Å². The fraction of sp³-hybridized carbons (Fsp3) is 0.455. The Morgan fingerprint density at radius 2 is 2.25 bits per heavy atom. The van der Waals surface area contributed by atoms with E-state index in [1.54, 1.807) is 11.3 Å². The molecule has 2 aromatic rings. The van der Waals surface area contributed by atoms with Gasteiger partial charge in [0.15, 0.2) is 5.82 Å². The molecular weight excluding hydrogens is 222 g/mol. The van der Waals surface area contributed by atoms with E-state index in [0.29, 0.717) is 18.2 Å². The highest BCUT2D eigenvalue weighted by Gasteiger charge is 2.15. The maximum absolute atomic E-state index is 5.89. The van der Waals surface area contributed by atoms with Crippen LogP contribution in [0.4, 0.5) is 5.82 Å². The van der Waals surface area contributed by atoms with Crippen molar-refractivity contribution in [3.05, 3.63) is 17.3 Å². The first-order chi connectivity index (χ1) is 7.76. The van der Waals surface area contributed by atoms with Crippen LogP contribution in [-0.2, 0) is 4.74 Å². The minimum absolute atomic E-state index is 0.0567.